The van der Waals surface area contributed by atoms with E-state index in [0.717, 1.165) is 12.1 Å². The Kier molecular flexibility index (Phi) is 2.69. The first-order chi connectivity index (χ1) is 4.77. The molecule has 1 fully saturated rings. The lowest BCUT2D eigenvalue weighted by Gasteiger charge is -2.15. The van der Waals surface area contributed by atoms with Crippen LogP contribution in [-0.2, 0) is 0 Å². The van der Waals surface area contributed by atoms with Crippen molar-refractivity contribution in [3.8, 4) is 0 Å². The molecule has 0 aromatic heterocycles. The molecule has 0 aromatic rings. The molecule has 0 spiro atoms. The molecule has 2 heteroatoms. The van der Waals surface area contributed by atoms with Crippen LogP contribution in [0.2, 0.25) is 0 Å². The van der Waals surface area contributed by atoms with Gasteiger partial charge in [0.25, 0.3) is 0 Å². The number of hydrogen-bond acceptors (Lipinski definition) is 2. The summed E-state index contributed by atoms with van der Waals surface area (Å²) in [7, 11) is 4.27. The first-order valence-electron chi connectivity index (χ1n) is 4.15. The van der Waals surface area contributed by atoms with Gasteiger partial charge in [0, 0.05) is 18.6 Å². The molecule has 60 valence electrons. The predicted octanol–water partition coefficient (Wildman–Crippen LogP) is 0.688. The monoisotopic (exact) mass is 142 g/mol. The van der Waals surface area contributed by atoms with E-state index >= 15 is 0 Å². The lowest BCUT2D eigenvalue weighted by molar-refractivity contribution is 0.302. The summed E-state index contributed by atoms with van der Waals surface area (Å²) >= 11 is 0. The van der Waals surface area contributed by atoms with E-state index in [0.29, 0.717) is 0 Å². The molecule has 0 saturated carbocycles. The van der Waals surface area contributed by atoms with Crippen molar-refractivity contribution >= 4 is 0 Å². The van der Waals surface area contributed by atoms with Crippen LogP contribution in [0.5, 0.6) is 0 Å². The fourth-order valence-electron chi connectivity index (χ4n) is 1.77. The molecule has 0 aliphatic carbocycles. The SMILES string of the molecule is CCC1CC(NC)CN1C. The molecule has 2 nitrogen and oxygen atoms in total. The summed E-state index contributed by atoms with van der Waals surface area (Å²) in [5.41, 5.74) is 0. The predicted molar refractivity (Wildman–Crippen MR) is 44.2 cm³/mol. The maximum absolute atomic E-state index is 3.32. The molecule has 1 rings (SSSR count). The Morgan fingerprint density at radius 1 is 1.60 bits per heavy atom. The smallest absolute Gasteiger partial charge is 0.0206 e. The van der Waals surface area contributed by atoms with Gasteiger partial charge in [0.05, 0.1) is 0 Å². The molecule has 1 aliphatic rings. The maximum Gasteiger partial charge on any atom is 0.0206 e. The quantitative estimate of drug-likeness (QED) is 0.610. The van der Waals surface area contributed by atoms with E-state index in [1.807, 2.05) is 0 Å². The molecule has 0 radical (unpaired) electrons. The van der Waals surface area contributed by atoms with Crippen molar-refractivity contribution in [1.29, 1.82) is 0 Å². The second-order valence-electron chi connectivity index (χ2n) is 3.22. The Morgan fingerprint density at radius 3 is 2.60 bits per heavy atom. The van der Waals surface area contributed by atoms with Crippen LogP contribution in [0, 0.1) is 0 Å². The summed E-state index contributed by atoms with van der Waals surface area (Å²) in [6.45, 7) is 3.48. The van der Waals surface area contributed by atoms with Gasteiger partial charge < -0.3 is 10.2 Å². The summed E-state index contributed by atoms with van der Waals surface area (Å²) in [6.07, 6.45) is 2.61. The average Bonchev–Trinajstić information content (AvgIpc) is 2.30. The van der Waals surface area contributed by atoms with Crippen LogP contribution in [-0.4, -0.2) is 37.6 Å². The third-order valence-electron chi connectivity index (χ3n) is 2.57. The van der Waals surface area contributed by atoms with Gasteiger partial charge in [-0.2, -0.15) is 0 Å². The minimum atomic E-state index is 0.731. The van der Waals surface area contributed by atoms with Crippen molar-refractivity contribution in [3.63, 3.8) is 0 Å². The number of likely N-dealkylation sites (tertiary alicyclic amines) is 1. The molecule has 0 amide bonds. The highest BCUT2D eigenvalue weighted by molar-refractivity contribution is 4.85. The molecule has 1 saturated heterocycles. The lowest BCUT2D eigenvalue weighted by Crippen LogP contribution is -2.28. The van der Waals surface area contributed by atoms with Crippen molar-refractivity contribution in [2.45, 2.75) is 31.8 Å². The van der Waals surface area contributed by atoms with Crippen molar-refractivity contribution in [3.05, 3.63) is 0 Å². The van der Waals surface area contributed by atoms with Gasteiger partial charge in [0.15, 0.2) is 0 Å². The second-order valence-corrected chi connectivity index (χ2v) is 3.22. The van der Waals surface area contributed by atoms with Crippen LogP contribution >= 0.6 is 0 Å². The largest absolute Gasteiger partial charge is 0.316 e. The van der Waals surface area contributed by atoms with Gasteiger partial charge in [0.1, 0.15) is 0 Å². The highest BCUT2D eigenvalue weighted by atomic mass is 15.2. The Morgan fingerprint density at radius 2 is 2.30 bits per heavy atom. The van der Waals surface area contributed by atoms with Crippen LogP contribution in [0.25, 0.3) is 0 Å². The number of nitrogens with one attached hydrogen (secondary N) is 1. The molecular formula is C8H18N2. The average molecular weight is 142 g/mol. The van der Waals surface area contributed by atoms with Gasteiger partial charge in [-0.25, -0.2) is 0 Å². The van der Waals surface area contributed by atoms with Gasteiger partial charge in [-0.15, -0.1) is 0 Å². The summed E-state index contributed by atoms with van der Waals surface area (Å²) in [4.78, 5) is 2.45. The fraction of sp³-hybridized carbons (Fsp3) is 1.00. The third kappa shape index (κ3) is 1.50. The second kappa shape index (κ2) is 3.35. The maximum atomic E-state index is 3.32. The first-order valence-corrected chi connectivity index (χ1v) is 4.15. The molecule has 1 aliphatic heterocycles. The summed E-state index contributed by atoms with van der Waals surface area (Å²) in [5.74, 6) is 0. The van der Waals surface area contributed by atoms with E-state index in [1.54, 1.807) is 0 Å². The van der Waals surface area contributed by atoms with Crippen LogP contribution < -0.4 is 5.32 Å². The first kappa shape index (κ1) is 8.02. The van der Waals surface area contributed by atoms with Gasteiger partial charge in [0.2, 0.25) is 0 Å². The Balaban J connectivity index is 2.36. The molecule has 1 heterocycles. The molecule has 0 bridgehead atoms. The van der Waals surface area contributed by atoms with Gasteiger partial charge in [-0.3, -0.25) is 0 Å². The molecular weight excluding hydrogens is 124 g/mol. The Hall–Kier alpha value is -0.0800. The third-order valence-corrected chi connectivity index (χ3v) is 2.57. The Bertz CT molecular complexity index is 103. The number of nitrogens with zero attached hydrogens (tertiary/aromatic N) is 1. The molecule has 2 atom stereocenters. The van der Waals surface area contributed by atoms with E-state index in [2.05, 4.69) is 31.2 Å². The van der Waals surface area contributed by atoms with E-state index in [1.165, 1.54) is 19.4 Å². The molecule has 1 N–H and O–H groups in total. The topological polar surface area (TPSA) is 15.3 Å². The normalized spacial score (nSPS) is 35.1. The van der Waals surface area contributed by atoms with Crippen molar-refractivity contribution in [1.82, 2.24) is 10.2 Å². The zero-order valence-corrected chi connectivity index (χ0v) is 7.22. The lowest BCUT2D eigenvalue weighted by atomic mass is 10.1. The highest BCUT2D eigenvalue weighted by Crippen LogP contribution is 2.17. The number of rotatable bonds is 2. The Labute approximate surface area is 63.6 Å². The van der Waals surface area contributed by atoms with Crippen LogP contribution in [0.3, 0.4) is 0 Å². The van der Waals surface area contributed by atoms with E-state index in [-0.39, 0.29) is 0 Å². The van der Waals surface area contributed by atoms with Crippen molar-refractivity contribution < 1.29 is 0 Å². The van der Waals surface area contributed by atoms with Crippen LogP contribution in [0.15, 0.2) is 0 Å². The van der Waals surface area contributed by atoms with Crippen LogP contribution in [0.4, 0.5) is 0 Å². The highest BCUT2D eigenvalue weighted by Gasteiger charge is 2.26. The standard InChI is InChI=1S/C8H18N2/c1-4-8-5-7(9-2)6-10(8)3/h7-9H,4-6H2,1-3H3. The van der Waals surface area contributed by atoms with Crippen molar-refractivity contribution in [2.75, 3.05) is 20.6 Å². The van der Waals surface area contributed by atoms with Gasteiger partial charge >= 0.3 is 0 Å². The van der Waals surface area contributed by atoms with Crippen molar-refractivity contribution in [2.24, 2.45) is 0 Å². The molecule has 2 unspecified atom stereocenters. The van der Waals surface area contributed by atoms with Gasteiger partial charge in [-0.05, 0) is 26.9 Å². The zero-order chi connectivity index (χ0) is 7.56. The van der Waals surface area contributed by atoms with E-state index in [9.17, 15) is 0 Å². The molecule has 0 aromatic carbocycles. The number of likely N-dealkylation sites (N-methyl/N-ethyl adjacent to an activating group) is 2. The number of hydrogen-bond donors (Lipinski definition) is 1. The fourth-order valence-corrected chi connectivity index (χ4v) is 1.77. The van der Waals surface area contributed by atoms with E-state index in [4.69, 9.17) is 0 Å². The summed E-state index contributed by atoms with van der Waals surface area (Å²) < 4.78 is 0. The van der Waals surface area contributed by atoms with E-state index < -0.39 is 0 Å². The zero-order valence-electron chi connectivity index (χ0n) is 7.22. The summed E-state index contributed by atoms with van der Waals surface area (Å²) in [5, 5.41) is 3.32. The minimum absolute atomic E-state index is 0.731. The summed E-state index contributed by atoms with van der Waals surface area (Å²) in [6, 6.07) is 1.55. The minimum Gasteiger partial charge on any atom is -0.316 e. The van der Waals surface area contributed by atoms with Gasteiger partial charge in [-0.1, -0.05) is 6.92 Å². The molecule has 10 heavy (non-hydrogen) atoms. The van der Waals surface area contributed by atoms with Crippen LogP contribution in [0.1, 0.15) is 19.8 Å².